The third kappa shape index (κ3) is 3.58. The fourth-order valence-electron chi connectivity index (χ4n) is 1.77. The predicted octanol–water partition coefficient (Wildman–Crippen LogP) is 3.97. The normalized spacial score (nSPS) is 10.5. The monoisotopic (exact) mass is 355 g/mol. The molecule has 0 atom stereocenters. The molecule has 3 nitrogen and oxygen atoms in total. The number of nitrogens with two attached hydrogens (primary N) is 1. The van der Waals surface area contributed by atoms with Crippen LogP contribution in [0.25, 0.3) is 0 Å². The van der Waals surface area contributed by atoms with Crippen LogP contribution in [0, 0.1) is 18.6 Å². The van der Waals surface area contributed by atoms with Gasteiger partial charge in [0.25, 0.3) is 0 Å². The summed E-state index contributed by atoms with van der Waals surface area (Å²) in [5.41, 5.74) is 7.53. The lowest BCUT2D eigenvalue weighted by molar-refractivity contribution is 0.0471. The van der Waals surface area contributed by atoms with Crippen molar-refractivity contribution in [2.24, 2.45) is 0 Å². The van der Waals surface area contributed by atoms with Gasteiger partial charge in [0.1, 0.15) is 6.61 Å². The van der Waals surface area contributed by atoms with Crippen LogP contribution in [0.4, 0.5) is 14.5 Å². The minimum atomic E-state index is -0.980. The van der Waals surface area contributed by atoms with E-state index in [4.69, 9.17) is 10.5 Å². The Balaban J connectivity index is 2.13. The van der Waals surface area contributed by atoms with E-state index in [1.54, 1.807) is 19.1 Å². The summed E-state index contributed by atoms with van der Waals surface area (Å²) < 4.78 is 31.6. The molecule has 2 aromatic rings. The van der Waals surface area contributed by atoms with Gasteiger partial charge in [-0.15, -0.1) is 0 Å². The van der Waals surface area contributed by atoms with Crippen LogP contribution in [0.1, 0.15) is 21.5 Å². The fraction of sp³-hybridized carbons (Fsp3) is 0.133. The maximum Gasteiger partial charge on any atom is 0.338 e. The molecule has 0 aliphatic rings. The van der Waals surface area contributed by atoms with Gasteiger partial charge in [-0.3, -0.25) is 0 Å². The Kier molecular flexibility index (Phi) is 4.57. The molecule has 2 aromatic carbocycles. The topological polar surface area (TPSA) is 52.3 Å². The Morgan fingerprint density at radius 3 is 2.62 bits per heavy atom. The Hall–Kier alpha value is -1.95. The molecule has 0 saturated heterocycles. The predicted molar refractivity (Wildman–Crippen MR) is 78.8 cm³/mol. The summed E-state index contributed by atoms with van der Waals surface area (Å²) in [5, 5.41) is 0. The second kappa shape index (κ2) is 6.22. The molecule has 0 aliphatic heterocycles. The molecule has 0 aromatic heterocycles. The van der Waals surface area contributed by atoms with Gasteiger partial charge in [-0.2, -0.15) is 0 Å². The second-order valence-electron chi connectivity index (χ2n) is 4.49. The minimum absolute atomic E-state index is 0.151. The standard InChI is InChI=1S/C15H12BrF2NO2/c1-8-11(5-10(16)6-14(8)19)15(20)21-7-9-2-3-12(17)13(18)4-9/h2-6H,7,19H2,1H3. The van der Waals surface area contributed by atoms with Gasteiger partial charge in [-0.25, -0.2) is 13.6 Å². The van der Waals surface area contributed by atoms with E-state index < -0.39 is 17.6 Å². The highest BCUT2D eigenvalue weighted by atomic mass is 79.9. The number of hydrogen-bond donors (Lipinski definition) is 1. The van der Waals surface area contributed by atoms with Crippen molar-refractivity contribution in [3.05, 3.63) is 63.1 Å². The molecule has 0 fully saturated rings. The van der Waals surface area contributed by atoms with E-state index in [0.717, 1.165) is 12.1 Å². The summed E-state index contributed by atoms with van der Waals surface area (Å²) in [6.45, 7) is 1.55. The van der Waals surface area contributed by atoms with E-state index >= 15 is 0 Å². The summed E-state index contributed by atoms with van der Waals surface area (Å²) in [7, 11) is 0. The van der Waals surface area contributed by atoms with Gasteiger partial charge in [0.2, 0.25) is 0 Å². The lowest BCUT2D eigenvalue weighted by Gasteiger charge is -2.10. The lowest BCUT2D eigenvalue weighted by atomic mass is 10.1. The Morgan fingerprint density at radius 1 is 1.24 bits per heavy atom. The average molecular weight is 356 g/mol. The first kappa shape index (κ1) is 15.4. The van der Waals surface area contributed by atoms with Crippen LogP contribution >= 0.6 is 15.9 Å². The van der Waals surface area contributed by atoms with Crippen LogP contribution in [0.5, 0.6) is 0 Å². The molecule has 2 rings (SSSR count). The number of benzene rings is 2. The van der Waals surface area contributed by atoms with Gasteiger partial charge in [-0.1, -0.05) is 22.0 Å². The molecular formula is C15H12BrF2NO2. The van der Waals surface area contributed by atoms with Gasteiger partial charge in [0, 0.05) is 10.2 Å². The van der Waals surface area contributed by atoms with Crippen molar-refractivity contribution < 1.29 is 18.3 Å². The van der Waals surface area contributed by atoms with Crippen molar-refractivity contribution in [2.45, 2.75) is 13.5 Å². The molecule has 0 bridgehead atoms. The van der Waals surface area contributed by atoms with E-state index in [2.05, 4.69) is 15.9 Å². The Bertz CT molecular complexity index is 704. The number of nitrogen functional groups attached to an aromatic ring is 1. The highest BCUT2D eigenvalue weighted by Gasteiger charge is 2.14. The van der Waals surface area contributed by atoms with Crippen molar-refractivity contribution >= 4 is 27.6 Å². The number of carbonyl (C=O) groups is 1. The number of hydrogen-bond acceptors (Lipinski definition) is 3. The molecule has 0 unspecified atom stereocenters. The maximum absolute atomic E-state index is 13.1. The first-order chi connectivity index (χ1) is 9.88. The first-order valence-corrected chi connectivity index (χ1v) is 6.84. The fourth-order valence-corrected chi connectivity index (χ4v) is 2.24. The molecule has 6 heteroatoms. The zero-order chi connectivity index (χ0) is 15.6. The van der Waals surface area contributed by atoms with E-state index in [1.807, 2.05) is 0 Å². The average Bonchev–Trinajstić information content (AvgIpc) is 2.43. The smallest absolute Gasteiger partial charge is 0.338 e. The molecule has 110 valence electrons. The van der Waals surface area contributed by atoms with Crippen LogP contribution in [0.15, 0.2) is 34.8 Å². The van der Waals surface area contributed by atoms with Crippen molar-refractivity contribution in [2.75, 3.05) is 5.73 Å². The van der Waals surface area contributed by atoms with Crippen molar-refractivity contribution in [1.29, 1.82) is 0 Å². The zero-order valence-corrected chi connectivity index (χ0v) is 12.7. The molecule has 0 saturated carbocycles. The highest BCUT2D eigenvalue weighted by Crippen LogP contribution is 2.23. The third-order valence-corrected chi connectivity index (χ3v) is 3.44. The van der Waals surface area contributed by atoms with Crippen LogP contribution in [-0.2, 0) is 11.3 Å². The van der Waals surface area contributed by atoms with Gasteiger partial charge in [-0.05, 0) is 42.3 Å². The van der Waals surface area contributed by atoms with Crippen molar-refractivity contribution in [3.63, 3.8) is 0 Å². The summed E-state index contributed by atoms with van der Waals surface area (Å²) in [4.78, 5) is 12.0. The third-order valence-electron chi connectivity index (χ3n) is 2.99. The van der Waals surface area contributed by atoms with Crippen LogP contribution in [0.3, 0.4) is 0 Å². The van der Waals surface area contributed by atoms with Gasteiger partial charge >= 0.3 is 5.97 Å². The molecule has 0 heterocycles. The lowest BCUT2D eigenvalue weighted by Crippen LogP contribution is -2.09. The number of halogens is 3. The van der Waals surface area contributed by atoms with Crippen LogP contribution in [0.2, 0.25) is 0 Å². The summed E-state index contributed by atoms with van der Waals surface area (Å²) in [5.74, 6) is -2.50. The van der Waals surface area contributed by atoms with Crippen LogP contribution < -0.4 is 5.73 Å². The van der Waals surface area contributed by atoms with Gasteiger partial charge in [0.15, 0.2) is 11.6 Å². The van der Waals surface area contributed by atoms with E-state index in [9.17, 15) is 13.6 Å². The molecule has 0 radical (unpaired) electrons. The molecule has 0 spiro atoms. The van der Waals surface area contributed by atoms with Gasteiger partial charge < -0.3 is 10.5 Å². The van der Waals surface area contributed by atoms with Crippen molar-refractivity contribution in [1.82, 2.24) is 0 Å². The number of ether oxygens (including phenoxy) is 1. The summed E-state index contributed by atoms with van der Waals surface area (Å²) >= 11 is 3.25. The Morgan fingerprint density at radius 2 is 1.95 bits per heavy atom. The van der Waals surface area contributed by atoms with Crippen molar-refractivity contribution in [3.8, 4) is 0 Å². The van der Waals surface area contributed by atoms with E-state index in [-0.39, 0.29) is 6.61 Å². The van der Waals surface area contributed by atoms with Crippen LogP contribution in [-0.4, -0.2) is 5.97 Å². The Labute approximate surface area is 128 Å². The molecular weight excluding hydrogens is 344 g/mol. The first-order valence-electron chi connectivity index (χ1n) is 6.05. The summed E-state index contributed by atoms with van der Waals surface area (Å²) in [6.07, 6.45) is 0. The molecule has 2 N–H and O–H groups in total. The SMILES string of the molecule is Cc1c(N)cc(Br)cc1C(=O)OCc1ccc(F)c(F)c1. The largest absolute Gasteiger partial charge is 0.457 e. The molecule has 0 amide bonds. The number of esters is 1. The maximum atomic E-state index is 13.1. The van der Waals surface area contributed by atoms with E-state index in [1.165, 1.54) is 6.07 Å². The molecule has 21 heavy (non-hydrogen) atoms. The van der Waals surface area contributed by atoms with Gasteiger partial charge in [0.05, 0.1) is 5.56 Å². The van der Waals surface area contributed by atoms with E-state index in [0.29, 0.717) is 26.9 Å². The number of rotatable bonds is 3. The summed E-state index contributed by atoms with van der Waals surface area (Å²) in [6, 6.07) is 6.61. The highest BCUT2D eigenvalue weighted by molar-refractivity contribution is 9.10. The zero-order valence-electron chi connectivity index (χ0n) is 11.1. The number of carbonyl (C=O) groups excluding carboxylic acids is 1. The second-order valence-corrected chi connectivity index (χ2v) is 5.41. The minimum Gasteiger partial charge on any atom is -0.457 e. The molecule has 0 aliphatic carbocycles. The number of anilines is 1. The quantitative estimate of drug-likeness (QED) is 0.669.